The zero-order valence-electron chi connectivity index (χ0n) is 12.0. The summed E-state index contributed by atoms with van der Waals surface area (Å²) in [5.41, 5.74) is 0.628. The molecule has 2 rings (SSSR count). The van der Waals surface area contributed by atoms with E-state index in [1.807, 2.05) is 0 Å². The summed E-state index contributed by atoms with van der Waals surface area (Å²) in [5, 5.41) is 12.8. The van der Waals surface area contributed by atoms with Crippen LogP contribution in [0, 0.1) is 13.8 Å². The van der Waals surface area contributed by atoms with Gasteiger partial charge in [0.2, 0.25) is 10.0 Å². The first-order valence-electron chi connectivity index (χ1n) is 6.67. The normalized spacial score (nSPS) is 17.0. The lowest BCUT2D eigenvalue weighted by atomic mass is 10.1. The summed E-state index contributed by atoms with van der Waals surface area (Å²) in [6, 6.07) is -0.162. The van der Waals surface area contributed by atoms with E-state index in [1.54, 1.807) is 13.8 Å². The molecule has 0 aliphatic carbocycles. The molecule has 0 spiro atoms. The summed E-state index contributed by atoms with van der Waals surface area (Å²) in [6.45, 7) is 3.82. The Labute approximate surface area is 123 Å². The second kappa shape index (κ2) is 6.12. The van der Waals surface area contributed by atoms with Gasteiger partial charge in [-0.15, -0.1) is 0 Å². The number of ether oxygens (including phenoxy) is 1. The molecule has 1 saturated heterocycles. The molecule has 9 heteroatoms. The van der Waals surface area contributed by atoms with Crippen molar-refractivity contribution in [2.45, 2.75) is 44.2 Å². The SMILES string of the molecule is Cc1nn(CC(=O)O)c(C)c1S(=O)(=O)NC1CCOCC1. The Bertz CT molecular complexity index is 632. The molecule has 8 nitrogen and oxygen atoms in total. The molecule has 0 aromatic carbocycles. The highest BCUT2D eigenvalue weighted by Crippen LogP contribution is 2.21. The molecule has 0 bridgehead atoms. The predicted molar refractivity (Wildman–Crippen MR) is 73.5 cm³/mol. The highest BCUT2D eigenvalue weighted by atomic mass is 32.2. The Morgan fingerprint density at radius 2 is 2.05 bits per heavy atom. The van der Waals surface area contributed by atoms with Crippen molar-refractivity contribution in [3.8, 4) is 0 Å². The number of aromatic nitrogens is 2. The zero-order chi connectivity index (χ0) is 15.6. The number of hydrogen-bond acceptors (Lipinski definition) is 5. The molecular formula is C12H19N3O5S. The average Bonchev–Trinajstić information content (AvgIpc) is 2.64. The third-order valence-corrected chi connectivity index (χ3v) is 5.18. The first-order valence-corrected chi connectivity index (χ1v) is 8.15. The van der Waals surface area contributed by atoms with Gasteiger partial charge in [-0.3, -0.25) is 9.48 Å². The minimum absolute atomic E-state index is 0.0650. The number of rotatable bonds is 5. The highest BCUT2D eigenvalue weighted by molar-refractivity contribution is 7.89. The fraction of sp³-hybridized carbons (Fsp3) is 0.667. The first kappa shape index (κ1) is 15.9. The molecule has 1 aliphatic heterocycles. The first-order chi connectivity index (χ1) is 9.81. The summed E-state index contributed by atoms with van der Waals surface area (Å²) in [5.74, 6) is -1.07. The average molecular weight is 317 g/mol. The number of aryl methyl sites for hydroxylation is 1. The number of carbonyl (C=O) groups is 1. The Balaban J connectivity index is 2.26. The van der Waals surface area contributed by atoms with E-state index >= 15 is 0 Å². The lowest BCUT2D eigenvalue weighted by molar-refractivity contribution is -0.137. The third-order valence-electron chi connectivity index (χ3n) is 3.41. The summed E-state index contributed by atoms with van der Waals surface area (Å²) < 4.78 is 34.0. The van der Waals surface area contributed by atoms with Crippen LogP contribution in [-0.4, -0.2) is 48.5 Å². The maximum atomic E-state index is 12.5. The fourth-order valence-corrected chi connectivity index (χ4v) is 4.16. The largest absolute Gasteiger partial charge is 0.480 e. The molecule has 0 radical (unpaired) electrons. The maximum absolute atomic E-state index is 12.5. The van der Waals surface area contributed by atoms with Gasteiger partial charge in [0.05, 0.1) is 11.4 Å². The van der Waals surface area contributed by atoms with Crippen molar-refractivity contribution >= 4 is 16.0 Å². The van der Waals surface area contributed by atoms with Crippen LogP contribution in [0.15, 0.2) is 4.90 Å². The highest BCUT2D eigenvalue weighted by Gasteiger charge is 2.28. The minimum Gasteiger partial charge on any atom is -0.480 e. The number of carboxylic acid groups (broad SMARTS) is 1. The molecule has 0 atom stereocenters. The third kappa shape index (κ3) is 3.60. The maximum Gasteiger partial charge on any atom is 0.325 e. The lowest BCUT2D eigenvalue weighted by Crippen LogP contribution is -2.39. The fourth-order valence-electron chi connectivity index (χ4n) is 2.45. The summed E-state index contributed by atoms with van der Waals surface area (Å²) in [6.07, 6.45) is 1.25. The van der Waals surface area contributed by atoms with Crippen LogP contribution in [0.3, 0.4) is 0 Å². The van der Waals surface area contributed by atoms with Crippen LogP contribution in [0.5, 0.6) is 0 Å². The van der Waals surface area contributed by atoms with Gasteiger partial charge >= 0.3 is 5.97 Å². The smallest absolute Gasteiger partial charge is 0.325 e. The van der Waals surface area contributed by atoms with E-state index in [9.17, 15) is 13.2 Å². The van der Waals surface area contributed by atoms with Crippen LogP contribution in [0.2, 0.25) is 0 Å². The Hall–Kier alpha value is -1.45. The quantitative estimate of drug-likeness (QED) is 0.793. The van der Waals surface area contributed by atoms with E-state index in [1.165, 1.54) is 4.68 Å². The van der Waals surface area contributed by atoms with Crippen LogP contribution < -0.4 is 4.72 Å². The standard InChI is InChI=1S/C12H19N3O5S/c1-8-12(9(2)15(13-8)7-11(16)17)21(18,19)14-10-3-5-20-6-4-10/h10,14H,3-7H2,1-2H3,(H,16,17). The minimum atomic E-state index is -3.72. The number of hydrogen-bond donors (Lipinski definition) is 2. The zero-order valence-corrected chi connectivity index (χ0v) is 12.8. The van der Waals surface area contributed by atoms with Gasteiger partial charge in [0, 0.05) is 19.3 Å². The topological polar surface area (TPSA) is 111 Å². The molecule has 1 aromatic heterocycles. The van der Waals surface area contributed by atoms with Crippen LogP contribution in [-0.2, 0) is 26.1 Å². The summed E-state index contributed by atoms with van der Waals surface area (Å²) in [7, 11) is -3.72. The number of nitrogens with one attached hydrogen (secondary N) is 1. The van der Waals surface area contributed by atoms with E-state index in [0.29, 0.717) is 37.4 Å². The van der Waals surface area contributed by atoms with Gasteiger partial charge in [0.1, 0.15) is 11.4 Å². The summed E-state index contributed by atoms with van der Waals surface area (Å²) >= 11 is 0. The van der Waals surface area contributed by atoms with Crippen molar-refractivity contribution in [2.75, 3.05) is 13.2 Å². The van der Waals surface area contributed by atoms with Gasteiger partial charge in [-0.05, 0) is 26.7 Å². The Morgan fingerprint density at radius 3 is 2.62 bits per heavy atom. The molecule has 0 unspecified atom stereocenters. The van der Waals surface area contributed by atoms with Crippen molar-refractivity contribution in [3.05, 3.63) is 11.4 Å². The molecule has 2 N–H and O–H groups in total. The van der Waals surface area contributed by atoms with Gasteiger partial charge in [-0.25, -0.2) is 13.1 Å². The molecule has 1 aromatic rings. The van der Waals surface area contributed by atoms with Crippen LogP contribution in [0.25, 0.3) is 0 Å². The number of nitrogens with zero attached hydrogens (tertiary/aromatic N) is 2. The molecule has 1 fully saturated rings. The lowest BCUT2D eigenvalue weighted by Gasteiger charge is -2.23. The Kier molecular flexibility index (Phi) is 4.64. The van der Waals surface area contributed by atoms with Crippen LogP contribution in [0.1, 0.15) is 24.2 Å². The second-order valence-electron chi connectivity index (χ2n) is 5.06. The molecular weight excluding hydrogens is 298 g/mol. The van der Waals surface area contributed by atoms with Gasteiger partial charge < -0.3 is 9.84 Å². The monoisotopic (exact) mass is 317 g/mol. The van der Waals surface area contributed by atoms with E-state index in [2.05, 4.69) is 9.82 Å². The van der Waals surface area contributed by atoms with Crippen LogP contribution in [0.4, 0.5) is 0 Å². The van der Waals surface area contributed by atoms with E-state index < -0.39 is 16.0 Å². The number of carboxylic acids is 1. The van der Waals surface area contributed by atoms with Gasteiger partial charge in [-0.2, -0.15) is 5.10 Å². The van der Waals surface area contributed by atoms with E-state index in [4.69, 9.17) is 9.84 Å². The van der Waals surface area contributed by atoms with E-state index in [0.717, 1.165) is 0 Å². The molecule has 118 valence electrons. The van der Waals surface area contributed by atoms with Gasteiger partial charge in [0.15, 0.2) is 0 Å². The van der Waals surface area contributed by atoms with Crippen LogP contribution >= 0.6 is 0 Å². The molecule has 0 saturated carbocycles. The molecule has 21 heavy (non-hydrogen) atoms. The van der Waals surface area contributed by atoms with Gasteiger partial charge in [0.25, 0.3) is 0 Å². The molecule has 2 heterocycles. The summed E-state index contributed by atoms with van der Waals surface area (Å²) in [4.78, 5) is 10.8. The van der Waals surface area contributed by atoms with Crippen molar-refractivity contribution in [3.63, 3.8) is 0 Å². The molecule has 1 aliphatic rings. The van der Waals surface area contributed by atoms with Crippen molar-refractivity contribution in [1.82, 2.24) is 14.5 Å². The molecule has 0 amide bonds. The van der Waals surface area contributed by atoms with Crippen molar-refractivity contribution in [2.24, 2.45) is 0 Å². The Morgan fingerprint density at radius 1 is 1.43 bits per heavy atom. The van der Waals surface area contributed by atoms with Crippen molar-refractivity contribution < 1.29 is 23.1 Å². The predicted octanol–water partition coefficient (Wildman–Crippen LogP) is 0.0418. The van der Waals surface area contributed by atoms with Crippen molar-refractivity contribution in [1.29, 1.82) is 0 Å². The van der Waals surface area contributed by atoms with Gasteiger partial charge in [-0.1, -0.05) is 0 Å². The number of aliphatic carboxylic acids is 1. The second-order valence-corrected chi connectivity index (χ2v) is 6.71. The number of sulfonamides is 1. The van der Waals surface area contributed by atoms with E-state index in [-0.39, 0.29) is 17.5 Å².